The van der Waals surface area contributed by atoms with Crippen molar-refractivity contribution in [2.75, 3.05) is 13.2 Å². The maximum atomic E-state index is 13.1. The Morgan fingerprint density at radius 3 is 1.67 bits per heavy atom. The molecule has 0 saturated carbocycles. The number of benzene rings is 4. The smallest absolute Gasteiger partial charge is 0.338 e. The Labute approximate surface area is 212 Å². The van der Waals surface area contributed by atoms with E-state index in [1.165, 1.54) is 0 Å². The summed E-state index contributed by atoms with van der Waals surface area (Å²) >= 11 is 0. The Morgan fingerprint density at radius 1 is 0.556 bits per heavy atom. The Kier molecular flexibility index (Phi) is 8.30. The van der Waals surface area contributed by atoms with Crippen LogP contribution in [-0.4, -0.2) is 25.2 Å². The molecule has 0 spiro atoms. The second kappa shape index (κ2) is 12.0. The molecule has 0 saturated heterocycles. The van der Waals surface area contributed by atoms with Crippen LogP contribution in [0.2, 0.25) is 0 Å². The van der Waals surface area contributed by atoms with E-state index in [-0.39, 0.29) is 0 Å². The van der Waals surface area contributed by atoms with Gasteiger partial charge >= 0.3 is 11.9 Å². The summed E-state index contributed by atoms with van der Waals surface area (Å²) in [4.78, 5) is 25.7. The second-order valence-corrected chi connectivity index (χ2v) is 8.49. The van der Waals surface area contributed by atoms with Crippen LogP contribution >= 0.6 is 0 Å². The standard InChI is InChI=1S/C32H30O4/c1-3-20-35-31(33)24-18-19-29(30(22-24)32(34)36-21-4-2)28-17-11-10-16-27(28)26-15-9-8-14-25(26)23-12-6-5-7-13-23/h5-19,22H,3-4,20-21H2,1-2H3. The van der Waals surface area contributed by atoms with Crippen LogP contribution in [0.5, 0.6) is 0 Å². The summed E-state index contributed by atoms with van der Waals surface area (Å²) in [7, 11) is 0. The fourth-order valence-electron chi connectivity index (χ4n) is 4.17. The van der Waals surface area contributed by atoms with Gasteiger partial charge in [0.2, 0.25) is 0 Å². The zero-order valence-corrected chi connectivity index (χ0v) is 20.7. The van der Waals surface area contributed by atoms with Crippen molar-refractivity contribution >= 4 is 11.9 Å². The molecule has 4 aromatic rings. The predicted molar refractivity (Wildman–Crippen MR) is 144 cm³/mol. The first-order valence-corrected chi connectivity index (χ1v) is 12.4. The van der Waals surface area contributed by atoms with Crippen molar-refractivity contribution in [2.45, 2.75) is 26.7 Å². The van der Waals surface area contributed by atoms with Gasteiger partial charge in [-0.25, -0.2) is 9.59 Å². The maximum Gasteiger partial charge on any atom is 0.338 e. The highest BCUT2D eigenvalue weighted by Crippen LogP contribution is 2.39. The van der Waals surface area contributed by atoms with E-state index >= 15 is 0 Å². The molecule has 0 amide bonds. The van der Waals surface area contributed by atoms with Crippen LogP contribution in [-0.2, 0) is 9.47 Å². The number of ether oxygens (including phenoxy) is 2. The van der Waals surface area contributed by atoms with Gasteiger partial charge in [0.1, 0.15) is 0 Å². The lowest BCUT2D eigenvalue weighted by atomic mass is 9.87. The first kappa shape index (κ1) is 24.9. The van der Waals surface area contributed by atoms with E-state index in [9.17, 15) is 9.59 Å². The van der Waals surface area contributed by atoms with Crippen LogP contribution < -0.4 is 0 Å². The lowest BCUT2D eigenvalue weighted by Gasteiger charge is -2.17. The van der Waals surface area contributed by atoms with Gasteiger partial charge in [-0.05, 0) is 58.4 Å². The fourth-order valence-corrected chi connectivity index (χ4v) is 4.17. The lowest BCUT2D eigenvalue weighted by Crippen LogP contribution is -2.11. The van der Waals surface area contributed by atoms with Crippen LogP contribution in [0.4, 0.5) is 0 Å². The van der Waals surface area contributed by atoms with Crippen molar-refractivity contribution in [1.29, 1.82) is 0 Å². The van der Waals surface area contributed by atoms with Gasteiger partial charge in [-0.1, -0.05) is 98.8 Å². The SMILES string of the molecule is CCCOC(=O)c1ccc(-c2ccccc2-c2ccccc2-c2ccccc2)c(C(=O)OCCC)c1. The van der Waals surface area contributed by atoms with E-state index < -0.39 is 11.9 Å². The van der Waals surface area contributed by atoms with Crippen LogP contribution in [0.25, 0.3) is 33.4 Å². The Morgan fingerprint density at radius 2 is 1.06 bits per heavy atom. The normalized spacial score (nSPS) is 10.6. The third kappa shape index (κ3) is 5.55. The first-order valence-electron chi connectivity index (χ1n) is 12.4. The second-order valence-electron chi connectivity index (χ2n) is 8.49. The van der Waals surface area contributed by atoms with Crippen molar-refractivity contribution in [3.8, 4) is 33.4 Å². The molecule has 4 nitrogen and oxygen atoms in total. The average Bonchev–Trinajstić information content (AvgIpc) is 2.94. The molecule has 0 aliphatic carbocycles. The minimum Gasteiger partial charge on any atom is -0.462 e. The molecule has 0 N–H and O–H groups in total. The van der Waals surface area contributed by atoms with Crippen molar-refractivity contribution in [2.24, 2.45) is 0 Å². The molecule has 4 heteroatoms. The van der Waals surface area contributed by atoms with E-state index in [1.54, 1.807) is 12.1 Å². The van der Waals surface area contributed by atoms with Crippen LogP contribution in [0, 0.1) is 0 Å². The lowest BCUT2D eigenvalue weighted by molar-refractivity contribution is 0.0504. The van der Waals surface area contributed by atoms with Crippen LogP contribution in [0.3, 0.4) is 0 Å². The van der Waals surface area contributed by atoms with Gasteiger partial charge in [0.05, 0.1) is 24.3 Å². The van der Waals surface area contributed by atoms with Crippen molar-refractivity contribution in [1.82, 2.24) is 0 Å². The van der Waals surface area contributed by atoms with Gasteiger partial charge in [0, 0.05) is 0 Å². The zero-order valence-electron chi connectivity index (χ0n) is 20.7. The molecule has 182 valence electrons. The quantitative estimate of drug-likeness (QED) is 0.230. The Bertz CT molecular complexity index is 1340. The van der Waals surface area contributed by atoms with E-state index in [0.717, 1.165) is 34.2 Å². The minimum absolute atomic E-state index is 0.307. The van der Waals surface area contributed by atoms with E-state index in [1.807, 2.05) is 68.4 Å². The molecule has 0 atom stereocenters. The van der Waals surface area contributed by atoms with Crippen molar-refractivity contribution in [3.05, 3.63) is 108 Å². The molecule has 0 unspecified atom stereocenters. The molecule has 0 aromatic heterocycles. The number of esters is 2. The third-order valence-electron chi connectivity index (χ3n) is 5.87. The number of rotatable bonds is 9. The van der Waals surface area contributed by atoms with Gasteiger partial charge in [0.15, 0.2) is 0 Å². The Hall–Kier alpha value is -4.18. The monoisotopic (exact) mass is 478 g/mol. The number of hydrogen-bond donors (Lipinski definition) is 0. The minimum atomic E-state index is -0.455. The van der Waals surface area contributed by atoms with Gasteiger partial charge in [-0.15, -0.1) is 0 Å². The fraction of sp³-hybridized carbons (Fsp3) is 0.188. The summed E-state index contributed by atoms with van der Waals surface area (Å²) in [6.45, 7) is 4.52. The highest BCUT2D eigenvalue weighted by atomic mass is 16.5. The van der Waals surface area contributed by atoms with Crippen LogP contribution in [0.1, 0.15) is 47.4 Å². The summed E-state index contributed by atoms with van der Waals surface area (Å²) in [5, 5.41) is 0. The van der Waals surface area contributed by atoms with Gasteiger partial charge in [-0.2, -0.15) is 0 Å². The largest absolute Gasteiger partial charge is 0.462 e. The maximum absolute atomic E-state index is 13.1. The van der Waals surface area contributed by atoms with Crippen molar-refractivity contribution < 1.29 is 19.1 Å². The number of hydrogen-bond acceptors (Lipinski definition) is 4. The molecule has 4 rings (SSSR count). The molecule has 36 heavy (non-hydrogen) atoms. The summed E-state index contributed by atoms with van der Waals surface area (Å²) in [5.74, 6) is -0.904. The van der Waals surface area contributed by atoms with Crippen LogP contribution in [0.15, 0.2) is 97.1 Å². The van der Waals surface area contributed by atoms with Gasteiger partial charge in [0.25, 0.3) is 0 Å². The van der Waals surface area contributed by atoms with E-state index in [2.05, 4.69) is 30.3 Å². The highest BCUT2D eigenvalue weighted by Gasteiger charge is 2.21. The average molecular weight is 479 g/mol. The molecular formula is C32H30O4. The molecule has 0 fully saturated rings. The third-order valence-corrected chi connectivity index (χ3v) is 5.87. The molecule has 0 aliphatic rings. The number of carbonyl (C=O) groups is 2. The highest BCUT2D eigenvalue weighted by molar-refractivity contribution is 6.03. The first-order chi connectivity index (χ1) is 17.6. The zero-order chi connectivity index (χ0) is 25.3. The molecule has 0 aliphatic heterocycles. The topological polar surface area (TPSA) is 52.6 Å². The van der Waals surface area contributed by atoms with E-state index in [4.69, 9.17) is 9.47 Å². The molecular weight excluding hydrogens is 448 g/mol. The predicted octanol–water partition coefficient (Wildman–Crippen LogP) is 7.82. The Balaban J connectivity index is 1.86. The molecule has 0 radical (unpaired) electrons. The summed E-state index contributed by atoms with van der Waals surface area (Å²) in [5.41, 5.74) is 6.53. The van der Waals surface area contributed by atoms with Gasteiger partial charge in [-0.3, -0.25) is 0 Å². The van der Waals surface area contributed by atoms with Gasteiger partial charge < -0.3 is 9.47 Å². The summed E-state index contributed by atoms with van der Waals surface area (Å²) in [6.07, 6.45) is 1.43. The van der Waals surface area contributed by atoms with Crippen molar-refractivity contribution in [3.63, 3.8) is 0 Å². The molecule has 0 heterocycles. The van der Waals surface area contributed by atoms with E-state index in [0.29, 0.717) is 36.3 Å². The molecule has 0 bridgehead atoms. The summed E-state index contributed by atoms with van der Waals surface area (Å²) < 4.78 is 10.8. The number of carbonyl (C=O) groups excluding carboxylic acids is 2. The molecule has 4 aromatic carbocycles. The summed E-state index contributed by atoms with van der Waals surface area (Å²) in [6, 6.07) is 31.6.